The minimum Gasteiger partial charge on any atom is -0.429 e. The number of hydrogen-bond acceptors (Lipinski definition) is 7. The number of fused-ring (bicyclic) bond motifs is 2. The van der Waals surface area contributed by atoms with Crippen molar-refractivity contribution in [2.45, 2.75) is 26.3 Å². The van der Waals surface area contributed by atoms with Gasteiger partial charge in [0.1, 0.15) is 11.6 Å². The molecule has 10 heteroatoms. The lowest BCUT2D eigenvalue weighted by atomic mass is 9.97. The van der Waals surface area contributed by atoms with Gasteiger partial charge in [0.15, 0.2) is 0 Å². The van der Waals surface area contributed by atoms with Gasteiger partial charge in [0.2, 0.25) is 10.0 Å². The number of aryl methyl sites for hydroxylation is 1. The van der Waals surface area contributed by atoms with Crippen molar-refractivity contribution in [1.29, 1.82) is 0 Å². The molecule has 0 spiro atoms. The smallest absolute Gasteiger partial charge is 0.298 e. The van der Waals surface area contributed by atoms with Crippen molar-refractivity contribution in [1.82, 2.24) is 15.2 Å². The molecule has 1 aliphatic heterocycles. The van der Waals surface area contributed by atoms with Gasteiger partial charge in [-0.2, -0.15) is 5.10 Å². The molecule has 0 amide bonds. The molecule has 0 saturated carbocycles. The highest BCUT2D eigenvalue weighted by molar-refractivity contribution is 7.92. The van der Waals surface area contributed by atoms with E-state index in [0.717, 1.165) is 57.3 Å². The Bertz CT molecular complexity index is 1530. The van der Waals surface area contributed by atoms with E-state index < -0.39 is 10.0 Å². The topological polar surface area (TPSA) is 117 Å². The quantitative estimate of drug-likeness (QED) is 0.379. The molecule has 0 atom stereocenters. The first-order valence-corrected chi connectivity index (χ1v) is 13.2. The lowest BCUT2D eigenvalue weighted by molar-refractivity contribution is -0.120. The number of carbonyl (C=O) groups excluding carboxylic acids is 1. The second-order valence-electron chi connectivity index (χ2n) is 8.54. The minimum absolute atomic E-state index is 0.423. The Hall–Kier alpha value is -3.92. The Balaban J connectivity index is 1.55. The van der Waals surface area contributed by atoms with Gasteiger partial charge in [-0.05, 0) is 59.9 Å². The van der Waals surface area contributed by atoms with Crippen molar-refractivity contribution in [3.63, 3.8) is 0 Å². The maximum atomic E-state index is 11.8. The highest BCUT2D eigenvalue weighted by Crippen LogP contribution is 2.35. The Labute approximate surface area is 203 Å². The second kappa shape index (κ2) is 9.03. The van der Waals surface area contributed by atoms with E-state index in [1.807, 2.05) is 37.3 Å². The second-order valence-corrected chi connectivity index (χ2v) is 10.3. The van der Waals surface area contributed by atoms with Gasteiger partial charge >= 0.3 is 0 Å². The van der Waals surface area contributed by atoms with Gasteiger partial charge in [-0.3, -0.25) is 14.6 Å². The highest BCUT2D eigenvalue weighted by Gasteiger charge is 2.24. The number of anilines is 2. The molecule has 4 aromatic rings. The van der Waals surface area contributed by atoms with E-state index in [2.05, 4.69) is 19.8 Å². The minimum atomic E-state index is -3.36. The molecule has 0 bridgehead atoms. The molecule has 5 rings (SSSR count). The predicted octanol–water partition coefficient (Wildman–Crippen LogP) is 3.66. The summed E-state index contributed by atoms with van der Waals surface area (Å²) < 4.78 is 31.3. The molecular weight excluding hydrogens is 466 g/mol. The number of nitrogens with zero attached hydrogens (tertiary/aromatic N) is 3. The predicted molar refractivity (Wildman–Crippen MR) is 135 cm³/mol. The van der Waals surface area contributed by atoms with Crippen molar-refractivity contribution in [2.24, 2.45) is 0 Å². The Morgan fingerprint density at radius 1 is 1.23 bits per heavy atom. The molecule has 2 N–H and O–H groups in total. The van der Waals surface area contributed by atoms with E-state index in [0.29, 0.717) is 37.4 Å². The number of nitrogens with one attached hydrogen (secondary N) is 2. The first kappa shape index (κ1) is 22.9. The van der Waals surface area contributed by atoms with Crippen LogP contribution in [0.1, 0.15) is 23.6 Å². The third-order valence-electron chi connectivity index (χ3n) is 6.20. The van der Waals surface area contributed by atoms with Gasteiger partial charge in [-0.15, -0.1) is 0 Å². The number of sulfonamides is 1. The van der Waals surface area contributed by atoms with Crippen LogP contribution < -0.4 is 14.4 Å². The van der Waals surface area contributed by atoms with Crippen LogP contribution in [0.25, 0.3) is 22.2 Å². The normalized spacial score (nSPS) is 13.5. The summed E-state index contributed by atoms with van der Waals surface area (Å²) in [5.41, 5.74) is 6.34. The highest BCUT2D eigenvalue weighted by atomic mass is 32.2. The molecular formula is C25H25N5O4S. The number of ether oxygens (including phenoxy) is 1. The fourth-order valence-corrected chi connectivity index (χ4v) is 5.22. The average molecular weight is 492 g/mol. The molecule has 1 aliphatic rings. The summed E-state index contributed by atoms with van der Waals surface area (Å²) in [5.74, 6) is 1.31. The molecule has 180 valence electrons. The maximum absolute atomic E-state index is 11.8. The number of rotatable bonds is 7. The molecule has 0 fully saturated rings. The van der Waals surface area contributed by atoms with Gasteiger partial charge < -0.3 is 9.64 Å². The molecule has 9 nitrogen and oxygen atoms in total. The van der Waals surface area contributed by atoms with Crippen LogP contribution in [0.15, 0.2) is 48.7 Å². The third-order valence-corrected chi connectivity index (χ3v) is 6.79. The largest absolute Gasteiger partial charge is 0.429 e. The zero-order valence-electron chi connectivity index (χ0n) is 19.4. The summed E-state index contributed by atoms with van der Waals surface area (Å²) in [6, 6.07) is 13.2. The lowest BCUT2D eigenvalue weighted by Crippen LogP contribution is -2.32. The molecule has 2 aromatic carbocycles. The van der Waals surface area contributed by atoms with Crippen LogP contribution >= 0.6 is 0 Å². The lowest BCUT2D eigenvalue weighted by Gasteiger charge is -2.31. The van der Waals surface area contributed by atoms with Crippen molar-refractivity contribution in [3.05, 3.63) is 65.4 Å². The van der Waals surface area contributed by atoms with Crippen LogP contribution in [0.5, 0.6) is 5.75 Å². The first-order chi connectivity index (χ1) is 16.9. The van der Waals surface area contributed by atoms with E-state index in [9.17, 15) is 13.2 Å². The van der Waals surface area contributed by atoms with Gasteiger partial charge in [0, 0.05) is 18.7 Å². The summed E-state index contributed by atoms with van der Waals surface area (Å²) in [4.78, 5) is 18.0. The number of H-pyrrole nitrogens is 1. The number of pyridine rings is 1. The van der Waals surface area contributed by atoms with Crippen LogP contribution in [0.3, 0.4) is 0 Å². The summed E-state index contributed by atoms with van der Waals surface area (Å²) in [6.45, 7) is 3.74. The van der Waals surface area contributed by atoms with Gasteiger partial charge in [-0.25, -0.2) is 13.4 Å². The fraction of sp³-hybridized carbons (Fsp3) is 0.240. The van der Waals surface area contributed by atoms with Crippen LogP contribution in [-0.4, -0.2) is 42.9 Å². The summed E-state index contributed by atoms with van der Waals surface area (Å²) in [6.07, 6.45) is 4.36. The van der Waals surface area contributed by atoms with Crippen molar-refractivity contribution < 1.29 is 17.9 Å². The number of benzene rings is 2. The Morgan fingerprint density at radius 2 is 2.09 bits per heavy atom. The van der Waals surface area contributed by atoms with Crippen LogP contribution in [0.4, 0.5) is 11.5 Å². The summed E-state index contributed by atoms with van der Waals surface area (Å²) >= 11 is 0. The molecule has 0 aliphatic carbocycles. The summed E-state index contributed by atoms with van der Waals surface area (Å²) in [5, 5.41) is 8.23. The van der Waals surface area contributed by atoms with E-state index in [1.54, 1.807) is 18.3 Å². The standard InChI is InChI=1S/C25H25N5O4S/c1-3-16-11-18(34-15-31)7-8-19(16)23-12-24-21(13-26-28-24)25(27-23)30-10-9-20-17(14-30)5-4-6-22(20)29-35(2,32)33/h4-8,11-13,15,29H,3,9-10,14H2,1-2H3,(H,26,28). The maximum Gasteiger partial charge on any atom is 0.298 e. The molecule has 0 saturated heterocycles. The zero-order valence-corrected chi connectivity index (χ0v) is 20.2. The average Bonchev–Trinajstić information content (AvgIpc) is 3.31. The molecule has 2 aromatic heterocycles. The number of aromatic nitrogens is 3. The van der Waals surface area contributed by atoms with E-state index >= 15 is 0 Å². The number of aromatic amines is 1. The van der Waals surface area contributed by atoms with E-state index in [-0.39, 0.29) is 0 Å². The first-order valence-electron chi connectivity index (χ1n) is 11.3. The summed E-state index contributed by atoms with van der Waals surface area (Å²) in [7, 11) is -3.36. The number of carbonyl (C=O) groups is 1. The third kappa shape index (κ3) is 4.57. The van der Waals surface area contributed by atoms with Crippen LogP contribution in [-0.2, 0) is 34.2 Å². The molecule has 35 heavy (non-hydrogen) atoms. The van der Waals surface area contributed by atoms with Gasteiger partial charge in [-0.1, -0.05) is 19.1 Å². The van der Waals surface area contributed by atoms with E-state index in [4.69, 9.17) is 9.72 Å². The Morgan fingerprint density at radius 3 is 2.86 bits per heavy atom. The molecule has 0 radical (unpaired) electrons. The Kier molecular flexibility index (Phi) is 5.89. The van der Waals surface area contributed by atoms with Crippen molar-refractivity contribution in [3.8, 4) is 17.0 Å². The van der Waals surface area contributed by atoms with E-state index in [1.165, 1.54) is 0 Å². The van der Waals surface area contributed by atoms with Crippen molar-refractivity contribution in [2.75, 3.05) is 22.4 Å². The SMILES string of the molecule is CCc1cc(OC=O)ccc1-c1cc2[nH]ncc2c(N2CCc3c(cccc3NS(C)(=O)=O)C2)n1. The zero-order chi connectivity index (χ0) is 24.6. The molecule has 0 unspecified atom stereocenters. The monoisotopic (exact) mass is 491 g/mol. The van der Waals surface area contributed by atoms with Gasteiger partial charge in [0.05, 0.1) is 34.7 Å². The fourth-order valence-electron chi connectivity index (χ4n) is 4.63. The van der Waals surface area contributed by atoms with Crippen LogP contribution in [0, 0.1) is 0 Å². The number of hydrogen-bond donors (Lipinski definition) is 2. The van der Waals surface area contributed by atoms with Crippen LogP contribution in [0.2, 0.25) is 0 Å². The van der Waals surface area contributed by atoms with Gasteiger partial charge in [0.25, 0.3) is 6.47 Å². The molecule has 3 heterocycles. The van der Waals surface area contributed by atoms with Crippen molar-refractivity contribution >= 4 is 38.9 Å².